The molecule has 4 heteroatoms. The molecule has 4 nitrogen and oxygen atoms in total. The highest BCUT2D eigenvalue weighted by Crippen LogP contribution is 2.29. The minimum Gasteiger partial charge on any atom is -0.378 e. The van der Waals surface area contributed by atoms with E-state index in [0.29, 0.717) is 6.04 Å². The largest absolute Gasteiger partial charge is 0.378 e. The van der Waals surface area contributed by atoms with Crippen molar-refractivity contribution in [2.24, 2.45) is 13.0 Å². The van der Waals surface area contributed by atoms with E-state index >= 15 is 0 Å². The van der Waals surface area contributed by atoms with Gasteiger partial charge < -0.3 is 10.2 Å². The second-order valence-electron chi connectivity index (χ2n) is 4.79. The molecule has 3 aliphatic heterocycles. The van der Waals surface area contributed by atoms with Crippen LogP contribution in [0.4, 0.5) is 5.69 Å². The maximum atomic E-state index is 4.18. The molecule has 1 N–H and O–H groups in total. The molecule has 82 valence electrons. The number of hydrogen-bond donors (Lipinski definition) is 1. The molecule has 1 atom stereocenters. The first kappa shape index (κ1) is 9.21. The fraction of sp³-hybridized carbons (Fsp3) is 0.727. The van der Waals surface area contributed by atoms with Gasteiger partial charge in [-0.2, -0.15) is 5.10 Å². The fourth-order valence-corrected chi connectivity index (χ4v) is 2.84. The third-order valence-corrected chi connectivity index (χ3v) is 3.71. The quantitative estimate of drug-likeness (QED) is 0.781. The Morgan fingerprint density at radius 1 is 1.40 bits per heavy atom. The van der Waals surface area contributed by atoms with Gasteiger partial charge in [-0.05, 0) is 31.8 Å². The van der Waals surface area contributed by atoms with Gasteiger partial charge >= 0.3 is 0 Å². The van der Waals surface area contributed by atoms with Crippen LogP contribution >= 0.6 is 0 Å². The number of aryl methyl sites for hydroxylation is 1. The average molecular weight is 206 g/mol. The molecule has 0 amide bonds. The maximum absolute atomic E-state index is 4.18. The number of piperidine rings is 3. The highest BCUT2D eigenvalue weighted by atomic mass is 15.3. The number of fused-ring (bicyclic) bond motifs is 3. The molecule has 0 radical (unpaired) electrons. The van der Waals surface area contributed by atoms with Gasteiger partial charge in [-0.15, -0.1) is 0 Å². The van der Waals surface area contributed by atoms with Crippen LogP contribution < -0.4 is 5.32 Å². The van der Waals surface area contributed by atoms with Crippen molar-refractivity contribution in [3.63, 3.8) is 0 Å². The van der Waals surface area contributed by atoms with E-state index in [1.807, 2.05) is 17.9 Å². The van der Waals surface area contributed by atoms with Gasteiger partial charge in [0.25, 0.3) is 0 Å². The number of nitrogens with zero attached hydrogens (tertiary/aromatic N) is 3. The van der Waals surface area contributed by atoms with Crippen LogP contribution in [0.25, 0.3) is 0 Å². The fourth-order valence-electron chi connectivity index (χ4n) is 2.84. The molecule has 0 spiro atoms. The summed E-state index contributed by atoms with van der Waals surface area (Å²) in [5.41, 5.74) is 1.16. The van der Waals surface area contributed by atoms with Gasteiger partial charge in [-0.3, -0.25) is 4.68 Å². The van der Waals surface area contributed by atoms with Crippen LogP contribution in [-0.2, 0) is 7.05 Å². The van der Waals surface area contributed by atoms with Crippen molar-refractivity contribution in [2.45, 2.75) is 18.9 Å². The van der Waals surface area contributed by atoms with Gasteiger partial charge in [0.2, 0.25) is 0 Å². The molecule has 0 aliphatic carbocycles. The van der Waals surface area contributed by atoms with Crippen molar-refractivity contribution < 1.29 is 0 Å². The average Bonchev–Trinajstić information content (AvgIpc) is 2.66. The Morgan fingerprint density at radius 2 is 2.20 bits per heavy atom. The number of aromatic nitrogens is 2. The topological polar surface area (TPSA) is 33.1 Å². The smallest absolute Gasteiger partial charge is 0.0729 e. The van der Waals surface area contributed by atoms with Gasteiger partial charge in [0.05, 0.1) is 11.9 Å². The number of rotatable bonds is 2. The molecule has 4 heterocycles. The molecule has 15 heavy (non-hydrogen) atoms. The van der Waals surface area contributed by atoms with E-state index in [1.165, 1.54) is 32.5 Å². The summed E-state index contributed by atoms with van der Waals surface area (Å²) in [5.74, 6) is 0.871. The summed E-state index contributed by atoms with van der Waals surface area (Å²) in [5, 5.41) is 7.79. The summed E-state index contributed by atoms with van der Waals surface area (Å²) in [6.07, 6.45) is 6.69. The van der Waals surface area contributed by atoms with Crippen molar-refractivity contribution in [3.8, 4) is 0 Å². The van der Waals surface area contributed by atoms with Gasteiger partial charge in [0.15, 0.2) is 0 Å². The lowest BCUT2D eigenvalue weighted by molar-refractivity contribution is 0.0975. The van der Waals surface area contributed by atoms with E-state index < -0.39 is 0 Å². The zero-order chi connectivity index (χ0) is 10.3. The third-order valence-electron chi connectivity index (χ3n) is 3.71. The highest BCUT2D eigenvalue weighted by Gasteiger charge is 2.33. The van der Waals surface area contributed by atoms with E-state index in [9.17, 15) is 0 Å². The molecule has 0 saturated carbocycles. The van der Waals surface area contributed by atoms with Gasteiger partial charge in [-0.1, -0.05) is 0 Å². The summed E-state index contributed by atoms with van der Waals surface area (Å²) >= 11 is 0. The van der Waals surface area contributed by atoms with Crippen molar-refractivity contribution >= 4 is 5.69 Å². The minimum atomic E-state index is 0.636. The molecule has 4 rings (SSSR count). The molecule has 0 aromatic carbocycles. The molecular weight excluding hydrogens is 188 g/mol. The Balaban J connectivity index is 1.68. The molecule has 3 fully saturated rings. The van der Waals surface area contributed by atoms with E-state index in [2.05, 4.69) is 21.5 Å². The zero-order valence-electron chi connectivity index (χ0n) is 9.19. The first-order valence-electron chi connectivity index (χ1n) is 5.79. The Hall–Kier alpha value is -1.03. The molecular formula is C11H18N4. The van der Waals surface area contributed by atoms with Crippen LogP contribution in [0.15, 0.2) is 12.4 Å². The molecule has 3 aliphatic rings. The number of nitrogens with one attached hydrogen (secondary N) is 1. The van der Waals surface area contributed by atoms with E-state index in [1.54, 1.807) is 0 Å². The first-order valence-corrected chi connectivity index (χ1v) is 5.79. The van der Waals surface area contributed by atoms with E-state index in [0.717, 1.165) is 11.6 Å². The standard InChI is InChI=1S/C11H18N4/c1-14-7-10(6-12-14)13-11-8-15-4-2-9(11)3-5-15/h6-7,9,11,13H,2-5,8H2,1H3. The maximum Gasteiger partial charge on any atom is 0.0729 e. The van der Waals surface area contributed by atoms with Crippen LogP contribution in [0, 0.1) is 5.92 Å². The summed E-state index contributed by atoms with van der Waals surface area (Å²) < 4.78 is 1.85. The summed E-state index contributed by atoms with van der Waals surface area (Å²) in [4.78, 5) is 2.56. The van der Waals surface area contributed by atoms with Crippen LogP contribution in [0.5, 0.6) is 0 Å². The van der Waals surface area contributed by atoms with E-state index in [4.69, 9.17) is 0 Å². The van der Waals surface area contributed by atoms with Crippen LogP contribution in [0.3, 0.4) is 0 Å². The number of anilines is 1. The number of hydrogen-bond acceptors (Lipinski definition) is 3. The zero-order valence-corrected chi connectivity index (χ0v) is 9.19. The van der Waals surface area contributed by atoms with Crippen molar-refractivity contribution in [2.75, 3.05) is 25.0 Å². The van der Waals surface area contributed by atoms with Gasteiger partial charge in [-0.25, -0.2) is 0 Å². The first-order chi connectivity index (χ1) is 7.31. The predicted octanol–water partition coefficient (Wildman–Crippen LogP) is 0.926. The second kappa shape index (κ2) is 3.52. The van der Waals surface area contributed by atoms with Crippen molar-refractivity contribution in [1.82, 2.24) is 14.7 Å². The highest BCUT2D eigenvalue weighted by molar-refractivity contribution is 5.39. The Labute approximate surface area is 90.3 Å². The molecule has 3 saturated heterocycles. The minimum absolute atomic E-state index is 0.636. The monoisotopic (exact) mass is 206 g/mol. The SMILES string of the molecule is Cn1cc(NC2CN3CCC2CC3)cn1. The summed E-state index contributed by atoms with van der Waals surface area (Å²) in [7, 11) is 1.96. The molecule has 1 aromatic rings. The summed E-state index contributed by atoms with van der Waals surface area (Å²) in [6, 6.07) is 0.636. The van der Waals surface area contributed by atoms with Crippen LogP contribution in [0.1, 0.15) is 12.8 Å². The molecule has 2 bridgehead atoms. The predicted molar refractivity (Wildman–Crippen MR) is 59.8 cm³/mol. The lowest BCUT2D eigenvalue weighted by Gasteiger charge is -2.45. The van der Waals surface area contributed by atoms with Crippen molar-refractivity contribution in [3.05, 3.63) is 12.4 Å². The Morgan fingerprint density at radius 3 is 2.73 bits per heavy atom. The van der Waals surface area contributed by atoms with E-state index in [-0.39, 0.29) is 0 Å². The van der Waals surface area contributed by atoms with Crippen LogP contribution in [-0.4, -0.2) is 40.4 Å². The lowest BCUT2D eigenvalue weighted by atomic mass is 9.84. The van der Waals surface area contributed by atoms with Crippen LogP contribution in [0.2, 0.25) is 0 Å². The normalized spacial score (nSPS) is 34.3. The third kappa shape index (κ3) is 1.74. The molecule has 1 aromatic heterocycles. The van der Waals surface area contributed by atoms with Gasteiger partial charge in [0, 0.05) is 25.8 Å². The van der Waals surface area contributed by atoms with Gasteiger partial charge in [0.1, 0.15) is 0 Å². The Bertz CT molecular complexity index is 338. The second-order valence-corrected chi connectivity index (χ2v) is 4.79. The van der Waals surface area contributed by atoms with Crippen molar-refractivity contribution in [1.29, 1.82) is 0 Å². The summed E-state index contributed by atoms with van der Waals surface area (Å²) in [6.45, 7) is 3.81. The lowest BCUT2D eigenvalue weighted by Crippen LogP contribution is -2.53. The molecule has 1 unspecified atom stereocenters. The Kier molecular flexibility index (Phi) is 2.16.